The molecule has 0 aromatic heterocycles. The summed E-state index contributed by atoms with van der Waals surface area (Å²) in [6.07, 6.45) is 0. The number of para-hydroxylation sites is 1. The molecule has 4 rings (SSSR count). The van der Waals surface area contributed by atoms with Crippen LogP contribution in [0.25, 0.3) is 10.8 Å². The van der Waals surface area contributed by atoms with Gasteiger partial charge in [-0.1, -0.05) is 60.7 Å². The number of carbonyl (C=O) groups excluding carboxylic acids is 1. The summed E-state index contributed by atoms with van der Waals surface area (Å²) in [6, 6.07) is 24.6. The van der Waals surface area contributed by atoms with Crippen molar-refractivity contribution >= 4 is 34.1 Å². The fraction of sp³-hybridized carbons (Fsp3) is 0.105. The Balaban J connectivity index is 1.85. The van der Waals surface area contributed by atoms with Crippen LogP contribution in [0.4, 0.5) is 5.69 Å². The van der Waals surface area contributed by atoms with E-state index < -0.39 is 0 Å². The molecule has 0 radical (unpaired) electrons. The number of carbonyl (C=O) groups is 1. The van der Waals surface area contributed by atoms with Crippen molar-refractivity contribution in [2.45, 2.75) is 5.37 Å². The molecule has 3 aromatic carbocycles. The van der Waals surface area contributed by atoms with Crippen molar-refractivity contribution < 1.29 is 4.79 Å². The number of hydrogen-bond donors (Lipinski definition) is 0. The van der Waals surface area contributed by atoms with Gasteiger partial charge in [0, 0.05) is 5.69 Å². The smallest absolute Gasteiger partial charge is 0.238 e. The van der Waals surface area contributed by atoms with Crippen LogP contribution in [-0.4, -0.2) is 11.7 Å². The van der Waals surface area contributed by atoms with Gasteiger partial charge in [-0.15, -0.1) is 11.8 Å². The van der Waals surface area contributed by atoms with E-state index in [1.165, 1.54) is 16.3 Å². The van der Waals surface area contributed by atoms with E-state index in [1.54, 1.807) is 11.8 Å². The zero-order valence-corrected chi connectivity index (χ0v) is 12.8. The molecular formula is C19H15NOS. The van der Waals surface area contributed by atoms with Gasteiger partial charge in [-0.3, -0.25) is 9.69 Å². The number of hydrogen-bond acceptors (Lipinski definition) is 2. The number of anilines is 1. The average molecular weight is 305 g/mol. The maximum Gasteiger partial charge on any atom is 0.238 e. The SMILES string of the molecule is O=C1CSC(c2cccc3ccccc23)N1c1ccccc1. The summed E-state index contributed by atoms with van der Waals surface area (Å²) in [5.41, 5.74) is 2.17. The number of nitrogens with zero attached hydrogens (tertiary/aromatic N) is 1. The number of thioether (sulfide) groups is 1. The van der Waals surface area contributed by atoms with Crippen LogP contribution in [0.2, 0.25) is 0 Å². The van der Waals surface area contributed by atoms with E-state index in [9.17, 15) is 4.79 Å². The molecule has 1 saturated heterocycles. The van der Waals surface area contributed by atoms with Crippen molar-refractivity contribution in [3.05, 3.63) is 78.4 Å². The van der Waals surface area contributed by atoms with Gasteiger partial charge < -0.3 is 0 Å². The van der Waals surface area contributed by atoms with Gasteiger partial charge in [-0.25, -0.2) is 0 Å². The second-order valence-corrected chi connectivity index (χ2v) is 6.40. The molecule has 0 saturated carbocycles. The molecule has 108 valence electrons. The molecule has 1 unspecified atom stereocenters. The highest BCUT2D eigenvalue weighted by Gasteiger charge is 2.34. The Hall–Kier alpha value is -2.26. The molecule has 0 spiro atoms. The molecule has 2 nitrogen and oxygen atoms in total. The van der Waals surface area contributed by atoms with Crippen molar-refractivity contribution in [2.24, 2.45) is 0 Å². The predicted octanol–water partition coefficient (Wildman–Crippen LogP) is 4.62. The molecular weight excluding hydrogens is 290 g/mol. The fourth-order valence-electron chi connectivity index (χ4n) is 2.99. The minimum absolute atomic E-state index is 0.0426. The van der Waals surface area contributed by atoms with Gasteiger partial charge in [0.2, 0.25) is 5.91 Å². The van der Waals surface area contributed by atoms with E-state index in [4.69, 9.17) is 0 Å². The number of amides is 1. The summed E-state index contributed by atoms with van der Waals surface area (Å²) in [4.78, 5) is 14.3. The van der Waals surface area contributed by atoms with Crippen LogP contribution in [-0.2, 0) is 4.79 Å². The van der Waals surface area contributed by atoms with E-state index >= 15 is 0 Å². The third-order valence-corrected chi connectivity index (χ3v) is 5.19. The summed E-state index contributed by atoms with van der Waals surface area (Å²) in [6.45, 7) is 0. The first kappa shape index (κ1) is 13.4. The van der Waals surface area contributed by atoms with Crippen molar-refractivity contribution in [3.8, 4) is 0 Å². The third kappa shape index (κ3) is 2.18. The van der Waals surface area contributed by atoms with Crippen LogP contribution in [0.5, 0.6) is 0 Å². The molecule has 1 aliphatic heterocycles. The highest BCUT2D eigenvalue weighted by molar-refractivity contribution is 8.00. The summed E-state index contributed by atoms with van der Waals surface area (Å²) >= 11 is 1.70. The fourth-order valence-corrected chi connectivity index (χ4v) is 4.20. The summed E-state index contributed by atoms with van der Waals surface area (Å²) in [7, 11) is 0. The third-order valence-electron chi connectivity index (χ3n) is 3.99. The molecule has 3 heteroatoms. The number of fused-ring (bicyclic) bond motifs is 1. The molecule has 1 heterocycles. The van der Waals surface area contributed by atoms with E-state index in [0.717, 1.165) is 5.69 Å². The van der Waals surface area contributed by atoms with E-state index in [0.29, 0.717) is 5.75 Å². The molecule has 0 N–H and O–H groups in total. The maximum atomic E-state index is 12.4. The van der Waals surface area contributed by atoms with Crippen molar-refractivity contribution in [1.82, 2.24) is 0 Å². The Kier molecular flexibility index (Phi) is 3.35. The standard InChI is InChI=1S/C19H15NOS/c21-18-13-22-19(20(18)15-9-2-1-3-10-15)17-12-6-8-14-7-4-5-11-16(14)17/h1-12,19H,13H2. The second kappa shape index (κ2) is 5.50. The first-order chi connectivity index (χ1) is 10.8. The molecule has 0 aliphatic carbocycles. The highest BCUT2D eigenvalue weighted by atomic mass is 32.2. The highest BCUT2D eigenvalue weighted by Crippen LogP contribution is 2.43. The van der Waals surface area contributed by atoms with Gasteiger partial charge >= 0.3 is 0 Å². The Morgan fingerprint density at radius 1 is 0.864 bits per heavy atom. The molecule has 0 bridgehead atoms. The lowest BCUT2D eigenvalue weighted by molar-refractivity contribution is -0.115. The number of rotatable bonds is 2. The van der Waals surface area contributed by atoms with Gasteiger partial charge in [-0.2, -0.15) is 0 Å². The molecule has 1 fully saturated rings. The maximum absolute atomic E-state index is 12.4. The first-order valence-corrected chi connectivity index (χ1v) is 8.36. The normalized spacial score (nSPS) is 18.1. The van der Waals surface area contributed by atoms with E-state index in [2.05, 4.69) is 36.4 Å². The van der Waals surface area contributed by atoms with Gasteiger partial charge in [-0.05, 0) is 28.5 Å². The lowest BCUT2D eigenvalue weighted by Crippen LogP contribution is -2.27. The van der Waals surface area contributed by atoms with Gasteiger partial charge in [0.25, 0.3) is 0 Å². The van der Waals surface area contributed by atoms with Gasteiger partial charge in [0.05, 0.1) is 5.75 Å². The molecule has 3 aromatic rings. The minimum atomic E-state index is 0.0426. The molecule has 22 heavy (non-hydrogen) atoms. The zero-order chi connectivity index (χ0) is 14.9. The van der Waals surface area contributed by atoms with Crippen molar-refractivity contribution in [2.75, 3.05) is 10.7 Å². The van der Waals surface area contributed by atoms with Crippen LogP contribution < -0.4 is 4.90 Å². The average Bonchev–Trinajstić information content (AvgIpc) is 2.96. The topological polar surface area (TPSA) is 20.3 Å². The predicted molar refractivity (Wildman–Crippen MR) is 93.1 cm³/mol. The largest absolute Gasteiger partial charge is 0.295 e. The first-order valence-electron chi connectivity index (χ1n) is 7.31. The molecule has 1 amide bonds. The van der Waals surface area contributed by atoms with Crippen molar-refractivity contribution in [1.29, 1.82) is 0 Å². The Bertz CT molecular complexity index is 826. The van der Waals surface area contributed by atoms with E-state index in [1.807, 2.05) is 41.3 Å². The molecule has 1 atom stereocenters. The zero-order valence-electron chi connectivity index (χ0n) is 12.0. The lowest BCUT2D eigenvalue weighted by atomic mass is 10.0. The van der Waals surface area contributed by atoms with Crippen LogP contribution in [0.3, 0.4) is 0 Å². The van der Waals surface area contributed by atoms with Crippen LogP contribution >= 0.6 is 11.8 Å². The minimum Gasteiger partial charge on any atom is -0.295 e. The van der Waals surface area contributed by atoms with Gasteiger partial charge in [0.15, 0.2) is 0 Å². The second-order valence-electron chi connectivity index (χ2n) is 5.33. The summed E-state index contributed by atoms with van der Waals surface area (Å²) in [5.74, 6) is 0.706. The monoisotopic (exact) mass is 305 g/mol. The molecule has 1 aliphatic rings. The van der Waals surface area contributed by atoms with Crippen LogP contribution in [0, 0.1) is 0 Å². The quantitative estimate of drug-likeness (QED) is 0.688. The Morgan fingerprint density at radius 3 is 2.45 bits per heavy atom. The number of benzene rings is 3. The summed E-state index contributed by atoms with van der Waals surface area (Å²) in [5, 5.41) is 2.48. The van der Waals surface area contributed by atoms with Crippen LogP contribution in [0.1, 0.15) is 10.9 Å². The van der Waals surface area contributed by atoms with Gasteiger partial charge in [0.1, 0.15) is 5.37 Å². The van der Waals surface area contributed by atoms with Crippen LogP contribution in [0.15, 0.2) is 72.8 Å². The Labute approximate surface area is 133 Å². The Morgan fingerprint density at radius 2 is 1.59 bits per heavy atom. The van der Waals surface area contributed by atoms with Crippen molar-refractivity contribution in [3.63, 3.8) is 0 Å². The van der Waals surface area contributed by atoms with E-state index in [-0.39, 0.29) is 11.3 Å². The lowest BCUT2D eigenvalue weighted by Gasteiger charge is -2.25. The summed E-state index contributed by atoms with van der Waals surface area (Å²) < 4.78 is 0.